The minimum Gasteiger partial charge on any atom is -0.381 e. The van der Waals surface area contributed by atoms with Crippen LogP contribution in [0.1, 0.15) is 22.3 Å². The van der Waals surface area contributed by atoms with Crippen LogP contribution in [0.15, 0.2) is 47.3 Å². The van der Waals surface area contributed by atoms with Crippen LogP contribution in [-0.4, -0.2) is 4.98 Å². The van der Waals surface area contributed by atoms with Crippen molar-refractivity contribution < 1.29 is 0 Å². The fourth-order valence-electron chi connectivity index (χ4n) is 2.57. The van der Waals surface area contributed by atoms with Gasteiger partial charge in [0.2, 0.25) is 0 Å². The van der Waals surface area contributed by atoms with Gasteiger partial charge in [-0.25, -0.2) is 0 Å². The number of aromatic amines is 1. The summed E-state index contributed by atoms with van der Waals surface area (Å²) in [6.07, 6.45) is 0. The van der Waals surface area contributed by atoms with Crippen LogP contribution >= 0.6 is 0 Å². The first kappa shape index (κ1) is 14.4. The van der Waals surface area contributed by atoms with Gasteiger partial charge in [0.25, 0.3) is 5.56 Å². The second-order valence-corrected chi connectivity index (χ2v) is 5.81. The Kier molecular flexibility index (Phi) is 3.72. The zero-order chi connectivity index (χ0) is 15.7. The van der Waals surface area contributed by atoms with Gasteiger partial charge >= 0.3 is 0 Å². The zero-order valence-corrected chi connectivity index (χ0v) is 13.2. The molecule has 3 rings (SSSR count). The monoisotopic (exact) mass is 292 g/mol. The molecule has 112 valence electrons. The van der Waals surface area contributed by atoms with Crippen molar-refractivity contribution in [3.05, 3.63) is 75.1 Å². The zero-order valence-electron chi connectivity index (χ0n) is 13.2. The van der Waals surface area contributed by atoms with Gasteiger partial charge < -0.3 is 10.3 Å². The van der Waals surface area contributed by atoms with Crippen LogP contribution in [0, 0.1) is 20.8 Å². The van der Waals surface area contributed by atoms with E-state index in [4.69, 9.17) is 0 Å². The quantitative estimate of drug-likeness (QED) is 0.764. The lowest BCUT2D eigenvalue weighted by molar-refractivity contribution is 1.09. The number of pyridine rings is 1. The van der Waals surface area contributed by atoms with Crippen molar-refractivity contribution >= 4 is 16.6 Å². The Morgan fingerprint density at radius 2 is 1.73 bits per heavy atom. The van der Waals surface area contributed by atoms with Crippen LogP contribution < -0.4 is 10.9 Å². The molecule has 3 nitrogen and oxygen atoms in total. The molecule has 1 aromatic heterocycles. The highest BCUT2D eigenvalue weighted by atomic mass is 16.1. The van der Waals surface area contributed by atoms with E-state index in [0.717, 1.165) is 27.7 Å². The smallest absolute Gasteiger partial charge is 0.253 e. The Bertz CT molecular complexity index is 876. The van der Waals surface area contributed by atoms with E-state index in [2.05, 4.69) is 48.4 Å². The van der Waals surface area contributed by atoms with Crippen LogP contribution in [0.2, 0.25) is 0 Å². The van der Waals surface area contributed by atoms with Gasteiger partial charge in [-0.3, -0.25) is 4.79 Å². The fourth-order valence-corrected chi connectivity index (χ4v) is 2.57. The highest BCUT2D eigenvalue weighted by Gasteiger charge is 2.06. The maximum atomic E-state index is 12.3. The number of aromatic nitrogens is 1. The Labute approximate surface area is 130 Å². The van der Waals surface area contributed by atoms with Gasteiger partial charge in [0.05, 0.1) is 5.52 Å². The molecule has 0 unspecified atom stereocenters. The van der Waals surface area contributed by atoms with E-state index in [9.17, 15) is 4.79 Å². The lowest BCUT2D eigenvalue weighted by Crippen LogP contribution is -2.16. The number of benzene rings is 2. The van der Waals surface area contributed by atoms with Crippen molar-refractivity contribution in [2.75, 3.05) is 5.32 Å². The molecule has 3 heteroatoms. The Hall–Kier alpha value is -2.55. The summed E-state index contributed by atoms with van der Waals surface area (Å²) < 4.78 is 0. The third-order valence-corrected chi connectivity index (χ3v) is 4.16. The number of rotatable bonds is 3. The second-order valence-electron chi connectivity index (χ2n) is 5.81. The van der Waals surface area contributed by atoms with Crippen molar-refractivity contribution in [3.8, 4) is 0 Å². The molecule has 22 heavy (non-hydrogen) atoms. The number of hydrogen-bond acceptors (Lipinski definition) is 2. The van der Waals surface area contributed by atoms with Crippen LogP contribution in [0.4, 0.5) is 5.69 Å². The van der Waals surface area contributed by atoms with Gasteiger partial charge in [0.1, 0.15) is 0 Å². The van der Waals surface area contributed by atoms with Gasteiger partial charge in [-0.05, 0) is 55.5 Å². The van der Waals surface area contributed by atoms with Crippen molar-refractivity contribution in [1.29, 1.82) is 0 Å². The Balaban J connectivity index is 1.91. The Morgan fingerprint density at radius 1 is 1.00 bits per heavy atom. The van der Waals surface area contributed by atoms with Crippen molar-refractivity contribution in [2.24, 2.45) is 0 Å². The van der Waals surface area contributed by atoms with Gasteiger partial charge in [0, 0.05) is 17.8 Å². The first-order valence-corrected chi connectivity index (χ1v) is 7.47. The lowest BCUT2D eigenvalue weighted by Gasteiger charge is -2.09. The van der Waals surface area contributed by atoms with Crippen LogP contribution in [0.5, 0.6) is 0 Å². The average Bonchev–Trinajstić information content (AvgIpc) is 2.51. The summed E-state index contributed by atoms with van der Waals surface area (Å²) >= 11 is 0. The highest BCUT2D eigenvalue weighted by molar-refractivity contribution is 5.83. The van der Waals surface area contributed by atoms with Gasteiger partial charge in [-0.15, -0.1) is 0 Å². The molecular weight excluding hydrogens is 272 g/mol. The predicted octanol–water partition coefficient (Wildman–Crippen LogP) is 4.07. The number of fused-ring (bicyclic) bond motifs is 1. The average molecular weight is 292 g/mol. The minimum atomic E-state index is -0.0270. The molecule has 0 bridgehead atoms. The van der Waals surface area contributed by atoms with Crippen LogP contribution in [0.3, 0.4) is 0 Å². The lowest BCUT2D eigenvalue weighted by atomic mass is 10.0. The number of aryl methyl sites for hydroxylation is 3. The molecule has 0 aliphatic heterocycles. The third-order valence-electron chi connectivity index (χ3n) is 4.16. The second kappa shape index (κ2) is 5.68. The van der Waals surface area contributed by atoms with E-state index in [1.807, 2.05) is 25.1 Å². The number of H-pyrrole nitrogens is 1. The summed E-state index contributed by atoms with van der Waals surface area (Å²) in [5, 5.41) is 4.37. The summed E-state index contributed by atoms with van der Waals surface area (Å²) in [5.41, 5.74) is 6.22. The molecular formula is C19H20N2O. The number of nitrogens with one attached hydrogen (secondary N) is 2. The Morgan fingerprint density at radius 3 is 2.45 bits per heavy atom. The normalized spacial score (nSPS) is 10.9. The molecule has 0 fully saturated rings. The van der Waals surface area contributed by atoms with Crippen LogP contribution in [-0.2, 0) is 6.54 Å². The maximum absolute atomic E-state index is 12.3. The molecule has 0 atom stereocenters. The maximum Gasteiger partial charge on any atom is 0.253 e. The molecule has 2 N–H and O–H groups in total. The molecule has 2 aromatic carbocycles. The molecule has 0 saturated carbocycles. The highest BCUT2D eigenvalue weighted by Crippen LogP contribution is 2.19. The molecule has 0 saturated heterocycles. The van der Waals surface area contributed by atoms with E-state index in [1.165, 1.54) is 11.1 Å². The molecule has 0 aliphatic rings. The first-order chi connectivity index (χ1) is 10.5. The summed E-state index contributed by atoms with van der Waals surface area (Å²) in [7, 11) is 0. The van der Waals surface area contributed by atoms with Crippen molar-refractivity contribution in [2.45, 2.75) is 27.3 Å². The van der Waals surface area contributed by atoms with Gasteiger partial charge in [0.15, 0.2) is 0 Å². The van der Waals surface area contributed by atoms with Crippen molar-refractivity contribution in [1.82, 2.24) is 4.98 Å². The molecule has 0 amide bonds. The van der Waals surface area contributed by atoms with E-state index in [-0.39, 0.29) is 5.56 Å². The summed E-state index contributed by atoms with van der Waals surface area (Å²) in [6, 6.07) is 14.3. The van der Waals surface area contributed by atoms with Crippen molar-refractivity contribution in [3.63, 3.8) is 0 Å². The fraction of sp³-hybridized carbons (Fsp3) is 0.211. The van der Waals surface area contributed by atoms with Gasteiger partial charge in [-0.2, -0.15) is 0 Å². The first-order valence-electron chi connectivity index (χ1n) is 7.47. The minimum absolute atomic E-state index is 0.0270. The van der Waals surface area contributed by atoms with E-state index < -0.39 is 0 Å². The standard InChI is InChI=1S/C19H20N2O/c1-12-4-8-17(9-5-12)20-11-16-10-15-7-6-13(2)14(3)18(15)21-19(16)22/h4-10,20H,11H2,1-3H3,(H,21,22). The topological polar surface area (TPSA) is 44.9 Å². The molecule has 1 heterocycles. The summed E-state index contributed by atoms with van der Waals surface area (Å²) in [4.78, 5) is 15.3. The molecule has 0 radical (unpaired) electrons. The van der Waals surface area contributed by atoms with E-state index >= 15 is 0 Å². The van der Waals surface area contributed by atoms with E-state index in [1.54, 1.807) is 0 Å². The molecule has 0 aliphatic carbocycles. The number of anilines is 1. The summed E-state index contributed by atoms with van der Waals surface area (Å²) in [6.45, 7) is 6.67. The van der Waals surface area contributed by atoms with E-state index in [0.29, 0.717) is 6.54 Å². The summed E-state index contributed by atoms with van der Waals surface area (Å²) in [5.74, 6) is 0. The van der Waals surface area contributed by atoms with Crippen LogP contribution in [0.25, 0.3) is 10.9 Å². The SMILES string of the molecule is Cc1ccc(NCc2cc3ccc(C)c(C)c3[nH]c2=O)cc1. The largest absolute Gasteiger partial charge is 0.381 e. The third kappa shape index (κ3) is 2.75. The molecule has 0 spiro atoms. The number of hydrogen-bond donors (Lipinski definition) is 2. The predicted molar refractivity (Wildman–Crippen MR) is 92.5 cm³/mol. The molecule has 3 aromatic rings. The van der Waals surface area contributed by atoms with Gasteiger partial charge in [-0.1, -0.05) is 29.8 Å².